The van der Waals surface area contributed by atoms with E-state index in [9.17, 15) is 5.41 Å². The summed E-state index contributed by atoms with van der Waals surface area (Å²) in [6.07, 6.45) is 0. The van der Waals surface area contributed by atoms with Gasteiger partial charge in [0.15, 0.2) is 0 Å². The maximum Gasteiger partial charge on any atom is 0.0782 e. The van der Waals surface area contributed by atoms with Crippen molar-refractivity contribution in [3.05, 3.63) is 394 Å². The van der Waals surface area contributed by atoms with Crippen LogP contribution in [0.3, 0.4) is 0 Å². The zero-order chi connectivity index (χ0) is 54.6. The molecule has 0 unspecified atom stereocenters. The van der Waals surface area contributed by atoms with Crippen LogP contribution >= 0.6 is 0 Å². The first-order chi connectivity index (χ1) is 40.7. The van der Waals surface area contributed by atoms with Gasteiger partial charge in [-0.3, -0.25) is 5.41 Å². The molecule has 82 heavy (non-hydrogen) atoms. The second-order valence-electron chi connectivity index (χ2n) is 21.4. The SMILES string of the molecule is N=C(/C(=C1\NC(c2ccccc2)=C(N(c2ccc3c(c2)C(c2ccccc2)(c2ccccc2)c2ccccc2-3)c2cccc3c2-c2ccccc2C3(c2ccccc2)c2ccccc2)c2ccccc21)c1ccccc1)c1ccccc1. The van der Waals surface area contributed by atoms with E-state index >= 15 is 0 Å². The van der Waals surface area contributed by atoms with E-state index in [0.29, 0.717) is 5.71 Å². The molecular weight excluding hydrogens is 991 g/mol. The van der Waals surface area contributed by atoms with Gasteiger partial charge in [0.05, 0.1) is 39.3 Å². The standard InChI is InChI=1S/C79H55N3/c80-74(55-31-10-2-11-32-55)72(54-29-8-1-9-30-54)76-64-44-22-23-45-65(64)77(75(81-76)56-33-12-3-13-34-56)82(61-51-52-63-62-43-24-26-47-67(62)79(70(63)53-61,59-39-18-6-19-40-59)60-41-20-7-21-42-60)71-50-28-49-69-73(71)66-46-25-27-48-68(66)78(69,57-35-14-4-15-36-57)58-37-16-5-17-38-58/h1-53,80-81H/b76-72-,80-74?. The van der Waals surface area contributed by atoms with Crippen LogP contribution in [0.15, 0.2) is 322 Å². The average Bonchev–Trinajstić information content (AvgIpc) is 3.54. The van der Waals surface area contributed by atoms with E-state index in [4.69, 9.17) is 0 Å². The molecule has 1 heterocycles. The third-order valence-electron chi connectivity index (χ3n) is 17.3. The molecule has 0 radical (unpaired) electrons. The number of nitrogens with one attached hydrogen (secondary N) is 2. The molecule has 3 heteroatoms. The number of rotatable bonds is 11. The summed E-state index contributed by atoms with van der Waals surface area (Å²) in [5.74, 6) is 0. The minimum Gasteiger partial charge on any atom is -0.352 e. The molecule has 1 aliphatic heterocycles. The molecule has 12 aromatic carbocycles. The Labute approximate surface area is 479 Å². The molecule has 0 fully saturated rings. The quantitative estimate of drug-likeness (QED) is 0.127. The second kappa shape index (κ2) is 19.9. The van der Waals surface area contributed by atoms with Gasteiger partial charge in [-0.1, -0.05) is 303 Å². The number of anilines is 2. The highest BCUT2D eigenvalue weighted by molar-refractivity contribution is 6.36. The van der Waals surface area contributed by atoms with Gasteiger partial charge < -0.3 is 10.2 Å². The van der Waals surface area contributed by atoms with E-state index in [1.54, 1.807) is 0 Å². The summed E-state index contributed by atoms with van der Waals surface area (Å²) in [6.45, 7) is 0. The van der Waals surface area contributed by atoms with Gasteiger partial charge in [0, 0.05) is 39.1 Å². The van der Waals surface area contributed by atoms with E-state index in [-0.39, 0.29) is 0 Å². The number of allylic oxidation sites excluding steroid dienone is 1. The fourth-order valence-corrected chi connectivity index (χ4v) is 13.9. The molecule has 0 amide bonds. The molecule has 386 valence electrons. The van der Waals surface area contributed by atoms with Crippen LogP contribution in [-0.2, 0) is 10.8 Å². The van der Waals surface area contributed by atoms with Crippen molar-refractivity contribution in [1.29, 1.82) is 5.41 Å². The van der Waals surface area contributed by atoms with Crippen molar-refractivity contribution in [2.45, 2.75) is 10.8 Å². The van der Waals surface area contributed by atoms with Gasteiger partial charge in [0.2, 0.25) is 0 Å². The lowest BCUT2D eigenvalue weighted by molar-refractivity contribution is 0.768. The van der Waals surface area contributed by atoms with Gasteiger partial charge in [0.25, 0.3) is 0 Å². The highest BCUT2D eigenvalue weighted by Crippen LogP contribution is 2.62. The van der Waals surface area contributed by atoms with E-state index in [2.05, 4.69) is 295 Å². The van der Waals surface area contributed by atoms with Crippen molar-refractivity contribution < 1.29 is 0 Å². The average molecular weight is 1050 g/mol. The van der Waals surface area contributed by atoms with Crippen molar-refractivity contribution in [3.63, 3.8) is 0 Å². The Kier molecular flexibility index (Phi) is 11.8. The number of hydrogen-bond acceptors (Lipinski definition) is 3. The molecule has 3 nitrogen and oxygen atoms in total. The third-order valence-corrected chi connectivity index (χ3v) is 17.3. The molecule has 12 aromatic rings. The summed E-state index contributed by atoms with van der Waals surface area (Å²) < 4.78 is 0. The van der Waals surface area contributed by atoms with Crippen molar-refractivity contribution in [2.75, 3.05) is 4.90 Å². The Morgan fingerprint density at radius 3 is 1.30 bits per heavy atom. The van der Waals surface area contributed by atoms with Crippen LogP contribution in [-0.4, -0.2) is 5.71 Å². The third kappa shape index (κ3) is 7.40. The molecule has 0 atom stereocenters. The Morgan fingerprint density at radius 1 is 0.329 bits per heavy atom. The molecule has 0 bridgehead atoms. The van der Waals surface area contributed by atoms with Gasteiger partial charge in [-0.15, -0.1) is 0 Å². The molecule has 0 spiro atoms. The van der Waals surface area contributed by atoms with Crippen LogP contribution in [0.2, 0.25) is 0 Å². The Balaban J connectivity index is 1.09. The summed E-state index contributed by atoms with van der Waals surface area (Å²) in [5, 5.41) is 14.4. The molecule has 2 aliphatic carbocycles. The summed E-state index contributed by atoms with van der Waals surface area (Å²) in [7, 11) is 0. The minimum absolute atomic E-state index is 0.434. The Hall–Kier alpha value is -10.6. The van der Waals surface area contributed by atoms with Gasteiger partial charge in [-0.25, -0.2) is 0 Å². The minimum atomic E-state index is -0.658. The lowest BCUT2D eigenvalue weighted by Crippen LogP contribution is -2.30. The summed E-state index contributed by atoms with van der Waals surface area (Å²) >= 11 is 0. The number of benzene rings is 12. The first-order valence-corrected chi connectivity index (χ1v) is 28.3. The maximum absolute atomic E-state index is 10.2. The fraction of sp³-hybridized carbons (Fsp3) is 0.0253. The lowest BCUT2D eigenvalue weighted by atomic mass is 9.67. The van der Waals surface area contributed by atoms with E-state index in [1.165, 1.54) is 66.8 Å². The summed E-state index contributed by atoms with van der Waals surface area (Å²) in [4.78, 5) is 2.57. The van der Waals surface area contributed by atoms with Crippen molar-refractivity contribution >= 4 is 39.8 Å². The predicted molar refractivity (Wildman–Crippen MR) is 339 cm³/mol. The first kappa shape index (κ1) is 48.5. The van der Waals surface area contributed by atoms with E-state index in [1.807, 2.05) is 36.4 Å². The maximum atomic E-state index is 10.2. The van der Waals surface area contributed by atoms with Crippen LogP contribution in [0, 0.1) is 5.41 Å². The van der Waals surface area contributed by atoms with Crippen LogP contribution in [0.25, 0.3) is 44.9 Å². The smallest absolute Gasteiger partial charge is 0.0782 e. The van der Waals surface area contributed by atoms with Crippen molar-refractivity contribution in [2.24, 2.45) is 0 Å². The highest BCUT2D eigenvalue weighted by atomic mass is 15.2. The summed E-state index contributed by atoms with van der Waals surface area (Å²) in [5.41, 5.74) is 24.2. The van der Waals surface area contributed by atoms with Gasteiger partial charge in [-0.05, 0) is 85.0 Å². The number of fused-ring (bicyclic) bond motifs is 7. The first-order valence-electron chi connectivity index (χ1n) is 28.3. The summed E-state index contributed by atoms with van der Waals surface area (Å²) in [6, 6.07) is 117. The zero-order valence-corrected chi connectivity index (χ0v) is 45.0. The molecule has 15 rings (SSSR count). The number of hydrogen-bond donors (Lipinski definition) is 2. The zero-order valence-electron chi connectivity index (χ0n) is 45.0. The monoisotopic (exact) mass is 1050 g/mol. The Morgan fingerprint density at radius 2 is 0.744 bits per heavy atom. The largest absolute Gasteiger partial charge is 0.352 e. The molecule has 0 saturated heterocycles. The fourth-order valence-electron chi connectivity index (χ4n) is 13.9. The topological polar surface area (TPSA) is 39.1 Å². The predicted octanol–water partition coefficient (Wildman–Crippen LogP) is 18.6. The molecular formula is C79H55N3. The van der Waals surface area contributed by atoms with E-state index < -0.39 is 10.8 Å². The van der Waals surface area contributed by atoms with Crippen LogP contribution < -0.4 is 10.2 Å². The van der Waals surface area contributed by atoms with Crippen LogP contribution in [0.5, 0.6) is 0 Å². The molecule has 0 aromatic heterocycles. The lowest BCUT2D eigenvalue weighted by Gasteiger charge is -2.39. The molecule has 2 N–H and O–H groups in total. The second-order valence-corrected chi connectivity index (χ2v) is 21.4. The van der Waals surface area contributed by atoms with Gasteiger partial charge in [0.1, 0.15) is 0 Å². The van der Waals surface area contributed by atoms with Crippen molar-refractivity contribution in [3.8, 4) is 22.3 Å². The number of nitrogens with zero attached hydrogens (tertiary/aromatic N) is 1. The van der Waals surface area contributed by atoms with Crippen molar-refractivity contribution in [1.82, 2.24) is 5.32 Å². The van der Waals surface area contributed by atoms with Gasteiger partial charge >= 0.3 is 0 Å². The highest BCUT2D eigenvalue weighted by Gasteiger charge is 2.49. The van der Waals surface area contributed by atoms with Crippen LogP contribution in [0.4, 0.5) is 11.4 Å². The van der Waals surface area contributed by atoms with Crippen LogP contribution in [0.1, 0.15) is 72.3 Å². The molecule has 0 saturated carbocycles. The molecule has 3 aliphatic rings. The van der Waals surface area contributed by atoms with E-state index in [0.717, 1.165) is 61.9 Å². The normalized spacial score (nSPS) is 14.5. The Bertz CT molecular complexity index is 4380. The van der Waals surface area contributed by atoms with Gasteiger partial charge in [-0.2, -0.15) is 0 Å².